The number of hydrogen-bond donors (Lipinski definition) is 10. The van der Waals surface area contributed by atoms with Crippen molar-refractivity contribution in [3.63, 3.8) is 0 Å². The smallest absolute Gasteiger partial charge is 0.245 e. The zero-order chi connectivity index (χ0) is 50.5. The summed E-state index contributed by atoms with van der Waals surface area (Å²) < 4.78 is 0. The second-order valence-corrected chi connectivity index (χ2v) is 18.7. The van der Waals surface area contributed by atoms with Gasteiger partial charge in [0.2, 0.25) is 41.4 Å². The summed E-state index contributed by atoms with van der Waals surface area (Å²) in [4.78, 5) is 107. The van der Waals surface area contributed by atoms with Gasteiger partial charge in [-0.3, -0.25) is 33.6 Å². The van der Waals surface area contributed by atoms with E-state index in [-0.39, 0.29) is 51.0 Å². The van der Waals surface area contributed by atoms with E-state index in [1.165, 1.54) is 18.3 Å². The molecule has 0 unspecified atom stereocenters. The molecule has 3 heterocycles. The molecule has 7 amide bonds. The summed E-state index contributed by atoms with van der Waals surface area (Å²) in [5.74, 6) is -4.52. The molecule has 3 aromatic carbocycles. The molecule has 6 rings (SSSR count). The minimum atomic E-state index is -1.54. The zero-order valence-corrected chi connectivity index (χ0v) is 40.8. The fourth-order valence-electron chi connectivity index (χ4n) is 8.47. The Balaban J connectivity index is 1.34. The quantitative estimate of drug-likeness (QED) is 0.0770. The number of aromatic nitrogens is 2. The van der Waals surface area contributed by atoms with Crippen LogP contribution in [0.3, 0.4) is 0 Å². The van der Waals surface area contributed by atoms with E-state index in [2.05, 4.69) is 47.2 Å². The maximum absolute atomic E-state index is 14.7. The molecule has 7 atom stereocenters. The highest BCUT2D eigenvalue weighted by Crippen LogP contribution is 2.20. The lowest BCUT2D eigenvalue weighted by Gasteiger charge is -2.28. The number of benzene rings is 3. The first-order chi connectivity index (χ1) is 34.4. The molecule has 19 heteroatoms. The summed E-state index contributed by atoms with van der Waals surface area (Å²) in [5.41, 5.74) is 10.9. The maximum atomic E-state index is 14.7. The van der Waals surface area contributed by atoms with Crippen LogP contribution in [-0.2, 0) is 59.2 Å². The Bertz CT molecular complexity index is 2520. The van der Waals surface area contributed by atoms with Gasteiger partial charge in [-0.15, -0.1) is 11.3 Å². The van der Waals surface area contributed by atoms with E-state index in [0.717, 1.165) is 22.0 Å². The van der Waals surface area contributed by atoms with Crippen LogP contribution in [0.2, 0.25) is 0 Å². The van der Waals surface area contributed by atoms with Crippen LogP contribution >= 0.6 is 11.3 Å². The number of carbonyl (C=O) groups excluding carboxylic acids is 7. The standard InChI is InChI=1S/C52H66N10O8S/c1-33(63)46-52(70)61-41(26-34-16-6-4-7-17-34)47(65)54-25-15-3-2-10-23-45(64)57-42(27-35-18-8-5-9-19-35)49(67)60-44(29-37-31-71-32-56-37)51(69)59-43(28-36-30-55-39-21-12-11-20-38(36)39)50(68)58-40(48(66)62-46)22-13-14-24-53/h4-9,11-12,16-21,30-33,40-44,46,55,63H,2-3,10,13-15,22-29,53H2,1H3,(H,54,65)(H,57,64)(H,58,68)(H,59,69)(H,60,67)(H,61,70)(H,62,66)/t33-,40+,41+,42+,43-,44+,46+/m1/s1. The van der Waals surface area contributed by atoms with Crippen molar-refractivity contribution in [2.75, 3.05) is 13.1 Å². The number of para-hydroxylation sites is 1. The predicted octanol–water partition coefficient (Wildman–Crippen LogP) is 2.39. The minimum absolute atomic E-state index is 0.0475. The Hall–Kier alpha value is -6.96. The number of nitrogens with two attached hydrogens (primary N) is 1. The molecule has 71 heavy (non-hydrogen) atoms. The number of nitrogens with one attached hydrogen (secondary N) is 8. The van der Waals surface area contributed by atoms with Crippen molar-refractivity contribution < 1.29 is 38.7 Å². The lowest BCUT2D eigenvalue weighted by atomic mass is 10.0. The van der Waals surface area contributed by atoms with E-state index >= 15 is 0 Å². The molecule has 1 saturated heterocycles. The molecule has 0 radical (unpaired) electrons. The number of fused-ring (bicyclic) bond motifs is 1. The van der Waals surface area contributed by atoms with Gasteiger partial charge in [-0.2, -0.15) is 0 Å². The van der Waals surface area contributed by atoms with Crippen molar-refractivity contribution in [2.24, 2.45) is 5.73 Å². The lowest BCUT2D eigenvalue weighted by molar-refractivity contribution is -0.136. The Morgan fingerprint density at radius 1 is 0.620 bits per heavy atom. The highest BCUT2D eigenvalue weighted by molar-refractivity contribution is 7.07. The molecule has 0 aliphatic carbocycles. The van der Waals surface area contributed by atoms with Gasteiger partial charge in [0.15, 0.2) is 0 Å². The van der Waals surface area contributed by atoms with E-state index in [0.29, 0.717) is 56.3 Å². The molecule has 5 aromatic rings. The van der Waals surface area contributed by atoms with E-state index in [9.17, 15) is 38.7 Å². The fraction of sp³-hybridized carbons (Fsp3) is 0.423. The third kappa shape index (κ3) is 16.6. The first-order valence-electron chi connectivity index (χ1n) is 24.4. The van der Waals surface area contributed by atoms with Crippen LogP contribution in [0.5, 0.6) is 0 Å². The molecule has 0 spiro atoms. The SMILES string of the molecule is C[C@@H](O)[C@@H]1NC(=O)[C@H](CCCCN)NC(=O)[C@@H](Cc2c[nH]c3ccccc23)NC(=O)[C@H](Cc2cscn2)NC(=O)[C@H](Cc2ccccc2)NC(=O)CCCCCCNC(=O)[C@H](Cc2ccccc2)NC1=O. The molecular weight excluding hydrogens is 925 g/mol. The number of unbranched alkanes of at least 4 members (excludes halogenated alkanes) is 1. The number of thiazole rings is 1. The Morgan fingerprint density at radius 3 is 1.82 bits per heavy atom. The highest BCUT2D eigenvalue weighted by Gasteiger charge is 2.35. The number of rotatable bonds is 13. The van der Waals surface area contributed by atoms with E-state index in [1.807, 2.05) is 84.9 Å². The van der Waals surface area contributed by atoms with Gasteiger partial charge in [0.1, 0.15) is 36.3 Å². The van der Waals surface area contributed by atoms with Crippen molar-refractivity contribution in [3.8, 4) is 0 Å². The van der Waals surface area contributed by atoms with Crippen LogP contribution in [0.15, 0.2) is 102 Å². The van der Waals surface area contributed by atoms with Gasteiger partial charge in [0, 0.05) is 61.1 Å². The van der Waals surface area contributed by atoms with Crippen LogP contribution in [-0.4, -0.2) is 112 Å². The van der Waals surface area contributed by atoms with Crippen LogP contribution < -0.4 is 43.0 Å². The Morgan fingerprint density at radius 2 is 1.18 bits per heavy atom. The third-order valence-corrected chi connectivity index (χ3v) is 13.0. The van der Waals surface area contributed by atoms with E-state index < -0.39 is 77.8 Å². The highest BCUT2D eigenvalue weighted by atomic mass is 32.1. The molecule has 2 aromatic heterocycles. The zero-order valence-electron chi connectivity index (χ0n) is 40.0. The molecule has 11 N–H and O–H groups in total. The first-order valence-corrected chi connectivity index (χ1v) is 25.3. The fourth-order valence-corrected chi connectivity index (χ4v) is 9.04. The second-order valence-electron chi connectivity index (χ2n) is 18.0. The number of amides is 7. The molecule has 0 saturated carbocycles. The Kier molecular flexibility index (Phi) is 20.6. The topological polar surface area (TPSA) is 279 Å². The van der Waals surface area contributed by atoms with Crippen molar-refractivity contribution in [2.45, 2.75) is 126 Å². The normalized spacial score (nSPS) is 22.5. The van der Waals surface area contributed by atoms with Crippen LogP contribution in [0.4, 0.5) is 0 Å². The van der Waals surface area contributed by atoms with E-state index in [1.54, 1.807) is 17.1 Å². The van der Waals surface area contributed by atoms with Gasteiger partial charge in [-0.25, -0.2) is 4.98 Å². The van der Waals surface area contributed by atoms with Gasteiger partial charge < -0.3 is 53.0 Å². The summed E-state index contributed by atoms with van der Waals surface area (Å²) >= 11 is 1.31. The number of aliphatic hydroxyl groups excluding tert-OH is 1. The average Bonchev–Trinajstić information content (AvgIpc) is 4.04. The third-order valence-electron chi connectivity index (χ3n) is 12.4. The molecule has 1 aliphatic rings. The van der Waals surface area contributed by atoms with Crippen molar-refractivity contribution >= 4 is 63.6 Å². The monoisotopic (exact) mass is 990 g/mol. The van der Waals surface area contributed by atoms with Crippen molar-refractivity contribution in [1.82, 2.24) is 47.2 Å². The number of hydrogen-bond acceptors (Lipinski definition) is 11. The predicted molar refractivity (Wildman–Crippen MR) is 270 cm³/mol. The number of H-pyrrole nitrogens is 1. The lowest BCUT2D eigenvalue weighted by Crippen LogP contribution is -2.61. The average molecular weight is 991 g/mol. The number of aromatic amines is 1. The van der Waals surface area contributed by atoms with Gasteiger partial charge in [-0.1, -0.05) is 91.7 Å². The second kappa shape index (κ2) is 27.4. The van der Waals surface area contributed by atoms with Gasteiger partial charge >= 0.3 is 0 Å². The summed E-state index contributed by atoms with van der Waals surface area (Å²) in [6, 6.07) is 18.1. The molecule has 1 fully saturated rings. The molecular formula is C52H66N10O8S. The minimum Gasteiger partial charge on any atom is -0.391 e. The summed E-state index contributed by atoms with van der Waals surface area (Å²) in [6.45, 7) is 1.91. The summed E-state index contributed by atoms with van der Waals surface area (Å²) in [5, 5.41) is 33.2. The molecule has 0 bridgehead atoms. The van der Waals surface area contributed by atoms with Gasteiger partial charge in [-0.05, 0) is 68.3 Å². The molecule has 18 nitrogen and oxygen atoms in total. The van der Waals surface area contributed by atoms with Crippen molar-refractivity contribution in [3.05, 3.63) is 124 Å². The van der Waals surface area contributed by atoms with Crippen LogP contribution in [0.25, 0.3) is 10.9 Å². The molecule has 378 valence electrons. The van der Waals surface area contributed by atoms with Crippen LogP contribution in [0.1, 0.15) is 80.7 Å². The van der Waals surface area contributed by atoms with Crippen LogP contribution in [0, 0.1) is 0 Å². The number of aliphatic hydroxyl groups is 1. The van der Waals surface area contributed by atoms with E-state index in [4.69, 9.17) is 5.73 Å². The Labute approximate surface area is 417 Å². The first kappa shape index (κ1) is 53.4. The number of nitrogens with zero attached hydrogens (tertiary/aromatic N) is 1. The van der Waals surface area contributed by atoms with Crippen molar-refractivity contribution in [1.29, 1.82) is 0 Å². The number of carbonyl (C=O) groups is 7. The van der Waals surface area contributed by atoms with Gasteiger partial charge in [0.05, 0.1) is 17.3 Å². The van der Waals surface area contributed by atoms with Gasteiger partial charge in [0.25, 0.3) is 0 Å². The molecule has 1 aliphatic heterocycles. The summed E-state index contributed by atoms with van der Waals surface area (Å²) in [7, 11) is 0. The maximum Gasteiger partial charge on any atom is 0.245 e. The summed E-state index contributed by atoms with van der Waals surface area (Å²) in [6.07, 6.45) is 3.93. The largest absolute Gasteiger partial charge is 0.391 e.